The van der Waals surface area contributed by atoms with Crippen LogP contribution in [0, 0.1) is 34.6 Å². The average molecular weight is 339 g/mol. The topological polar surface area (TPSA) is 43.4 Å². The van der Waals surface area contributed by atoms with Crippen LogP contribution in [-0.2, 0) is 10.1 Å². The van der Waals surface area contributed by atoms with Crippen LogP contribution in [0.1, 0.15) is 27.8 Å². The fourth-order valence-corrected chi connectivity index (χ4v) is 4.13. The average Bonchev–Trinajstić information content (AvgIpc) is 2.33. The predicted octanol–water partition coefficient (Wildman–Crippen LogP) is 4.65. The highest BCUT2D eigenvalue weighted by Crippen LogP contribution is 2.29. The predicted molar refractivity (Wildman–Crippen MR) is 89.4 cm³/mol. The zero-order valence-electron chi connectivity index (χ0n) is 13.3. The van der Waals surface area contributed by atoms with Gasteiger partial charge in [0, 0.05) is 5.02 Å². The molecule has 118 valence electrons. The first-order valence-corrected chi connectivity index (χ1v) is 8.69. The van der Waals surface area contributed by atoms with Crippen LogP contribution in [-0.4, -0.2) is 8.42 Å². The van der Waals surface area contributed by atoms with Gasteiger partial charge in [0.15, 0.2) is 0 Å². The zero-order valence-corrected chi connectivity index (χ0v) is 14.9. The third-order valence-corrected chi connectivity index (χ3v) is 5.62. The second kappa shape index (κ2) is 5.94. The Morgan fingerprint density at radius 3 is 1.73 bits per heavy atom. The molecule has 3 nitrogen and oxygen atoms in total. The van der Waals surface area contributed by atoms with Gasteiger partial charge in [0.2, 0.25) is 0 Å². The molecule has 0 heterocycles. The van der Waals surface area contributed by atoms with Crippen molar-refractivity contribution < 1.29 is 12.6 Å². The molecule has 2 aromatic rings. The van der Waals surface area contributed by atoms with Crippen LogP contribution in [0.2, 0.25) is 5.02 Å². The SMILES string of the molecule is Cc1cc(C)c(S(=O)(=O)Oc2cc(C)c(Cl)c(C)c2)c(C)c1. The molecule has 0 saturated carbocycles. The van der Waals surface area contributed by atoms with E-state index >= 15 is 0 Å². The molecule has 0 aliphatic rings. The highest BCUT2D eigenvalue weighted by Gasteiger charge is 2.22. The summed E-state index contributed by atoms with van der Waals surface area (Å²) in [6, 6.07) is 6.93. The van der Waals surface area contributed by atoms with Crippen LogP contribution < -0.4 is 4.18 Å². The second-order valence-corrected chi connectivity index (χ2v) is 7.50. The number of hydrogen-bond donors (Lipinski definition) is 0. The number of aryl methyl sites for hydroxylation is 5. The molecule has 0 amide bonds. The van der Waals surface area contributed by atoms with Gasteiger partial charge in [-0.2, -0.15) is 8.42 Å². The Kier molecular flexibility index (Phi) is 4.54. The molecular formula is C17H19ClO3S. The van der Waals surface area contributed by atoms with Crippen LogP contribution in [0.4, 0.5) is 0 Å². The van der Waals surface area contributed by atoms with Gasteiger partial charge in [0.05, 0.1) is 0 Å². The molecule has 0 radical (unpaired) electrons. The summed E-state index contributed by atoms with van der Waals surface area (Å²) < 4.78 is 30.5. The number of benzene rings is 2. The smallest absolute Gasteiger partial charge is 0.339 e. The minimum absolute atomic E-state index is 0.225. The lowest BCUT2D eigenvalue weighted by Gasteiger charge is -2.14. The van der Waals surface area contributed by atoms with Crippen molar-refractivity contribution >= 4 is 21.7 Å². The fourth-order valence-electron chi connectivity index (χ4n) is 2.68. The first-order valence-electron chi connectivity index (χ1n) is 6.91. The lowest BCUT2D eigenvalue weighted by Crippen LogP contribution is -2.13. The van der Waals surface area contributed by atoms with Crippen LogP contribution in [0.5, 0.6) is 5.75 Å². The summed E-state index contributed by atoms with van der Waals surface area (Å²) in [6.45, 7) is 9.11. The normalized spacial score (nSPS) is 11.5. The van der Waals surface area contributed by atoms with E-state index in [9.17, 15) is 8.42 Å². The molecule has 0 spiro atoms. The van der Waals surface area contributed by atoms with Gasteiger partial charge in [-0.05, 0) is 69.0 Å². The van der Waals surface area contributed by atoms with Crippen molar-refractivity contribution in [2.24, 2.45) is 0 Å². The van der Waals surface area contributed by atoms with Crippen molar-refractivity contribution in [1.29, 1.82) is 0 Å². The van der Waals surface area contributed by atoms with Gasteiger partial charge >= 0.3 is 10.1 Å². The van der Waals surface area contributed by atoms with Gasteiger partial charge in [-0.3, -0.25) is 0 Å². The van der Waals surface area contributed by atoms with Gasteiger partial charge in [-0.15, -0.1) is 0 Å². The highest BCUT2D eigenvalue weighted by molar-refractivity contribution is 7.87. The molecule has 0 aliphatic heterocycles. The Morgan fingerprint density at radius 1 is 0.818 bits per heavy atom. The molecule has 0 atom stereocenters. The molecular weight excluding hydrogens is 320 g/mol. The maximum Gasteiger partial charge on any atom is 0.339 e. The lowest BCUT2D eigenvalue weighted by molar-refractivity contribution is 0.484. The molecule has 0 bridgehead atoms. The van der Waals surface area contributed by atoms with E-state index in [1.165, 1.54) is 0 Å². The fraction of sp³-hybridized carbons (Fsp3) is 0.294. The molecule has 2 aromatic carbocycles. The van der Waals surface area contributed by atoms with Crippen molar-refractivity contribution in [2.75, 3.05) is 0 Å². The molecule has 0 saturated heterocycles. The summed E-state index contributed by atoms with van der Waals surface area (Å²) in [5.41, 5.74) is 3.94. The van der Waals surface area contributed by atoms with Crippen molar-refractivity contribution in [1.82, 2.24) is 0 Å². The summed E-state index contributed by atoms with van der Waals surface area (Å²) in [4.78, 5) is 0.225. The monoisotopic (exact) mass is 338 g/mol. The molecule has 0 unspecified atom stereocenters. The summed E-state index contributed by atoms with van der Waals surface area (Å²) in [5.74, 6) is 0.277. The molecule has 0 aliphatic carbocycles. The van der Waals surface area contributed by atoms with E-state index in [4.69, 9.17) is 15.8 Å². The summed E-state index contributed by atoms with van der Waals surface area (Å²) >= 11 is 6.10. The largest absolute Gasteiger partial charge is 0.379 e. The third kappa shape index (κ3) is 3.28. The van der Waals surface area contributed by atoms with Crippen LogP contribution in [0.3, 0.4) is 0 Å². The van der Waals surface area contributed by atoms with Crippen molar-refractivity contribution in [3.63, 3.8) is 0 Å². The van der Waals surface area contributed by atoms with E-state index < -0.39 is 10.1 Å². The number of halogens is 1. The standard InChI is InChI=1S/C17H19ClO3S/c1-10-6-13(4)17(14(5)7-10)22(19,20)21-15-8-11(2)16(18)12(3)9-15/h6-9H,1-5H3. The van der Waals surface area contributed by atoms with E-state index in [2.05, 4.69) is 0 Å². The van der Waals surface area contributed by atoms with Crippen molar-refractivity contribution in [3.8, 4) is 5.75 Å². The minimum Gasteiger partial charge on any atom is -0.379 e. The van der Waals surface area contributed by atoms with E-state index in [1.54, 1.807) is 26.0 Å². The third-order valence-electron chi connectivity index (χ3n) is 3.47. The van der Waals surface area contributed by atoms with Crippen LogP contribution in [0.25, 0.3) is 0 Å². The molecule has 0 fully saturated rings. The van der Waals surface area contributed by atoms with Crippen LogP contribution in [0.15, 0.2) is 29.2 Å². The summed E-state index contributed by atoms with van der Waals surface area (Å²) in [7, 11) is -3.88. The van der Waals surface area contributed by atoms with Crippen LogP contribution >= 0.6 is 11.6 Å². The zero-order chi connectivity index (χ0) is 16.7. The lowest BCUT2D eigenvalue weighted by atomic mass is 10.1. The Morgan fingerprint density at radius 2 is 1.27 bits per heavy atom. The Balaban J connectivity index is 2.49. The van der Waals surface area contributed by atoms with E-state index in [0.717, 1.165) is 16.7 Å². The Bertz CT molecular complexity index is 793. The molecule has 5 heteroatoms. The van der Waals surface area contributed by atoms with Gasteiger partial charge in [0.1, 0.15) is 10.6 Å². The highest BCUT2D eigenvalue weighted by atomic mass is 35.5. The van der Waals surface area contributed by atoms with Gasteiger partial charge in [-0.1, -0.05) is 29.3 Å². The maximum absolute atomic E-state index is 12.6. The first-order chi connectivity index (χ1) is 10.1. The van der Waals surface area contributed by atoms with Crippen molar-refractivity contribution in [2.45, 2.75) is 39.5 Å². The Hall–Kier alpha value is -1.52. The quantitative estimate of drug-likeness (QED) is 0.765. The summed E-state index contributed by atoms with van der Waals surface area (Å²) in [5, 5.41) is 0.618. The van der Waals surface area contributed by atoms with Gasteiger partial charge < -0.3 is 4.18 Å². The van der Waals surface area contributed by atoms with Gasteiger partial charge in [0.25, 0.3) is 0 Å². The van der Waals surface area contributed by atoms with Gasteiger partial charge in [-0.25, -0.2) is 0 Å². The first kappa shape index (κ1) is 16.8. The molecule has 22 heavy (non-hydrogen) atoms. The maximum atomic E-state index is 12.6. The number of rotatable bonds is 3. The molecule has 0 aromatic heterocycles. The van der Waals surface area contributed by atoms with E-state index in [1.807, 2.05) is 32.9 Å². The van der Waals surface area contributed by atoms with Crippen molar-refractivity contribution in [3.05, 3.63) is 57.1 Å². The minimum atomic E-state index is -3.88. The molecule has 0 N–H and O–H groups in total. The van der Waals surface area contributed by atoms with E-state index in [-0.39, 0.29) is 10.6 Å². The second-order valence-electron chi connectivity index (χ2n) is 5.64. The Labute approximate surface area is 137 Å². The molecule has 2 rings (SSSR count). The number of hydrogen-bond acceptors (Lipinski definition) is 3. The summed E-state index contributed by atoms with van der Waals surface area (Å²) in [6.07, 6.45) is 0. The van der Waals surface area contributed by atoms with E-state index in [0.29, 0.717) is 16.1 Å².